The summed E-state index contributed by atoms with van der Waals surface area (Å²) in [6, 6.07) is 1.45. The van der Waals surface area contributed by atoms with Gasteiger partial charge in [0.05, 0.1) is 0 Å². The standard InChI is InChI=1S/C15H32N2/c1-12(2)8-9-16-10-15(5)17-11-13(3)6-7-14(17)4/h12-16H,6-11H2,1-5H3. The van der Waals surface area contributed by atoms with E-state index in [4.69, 9.17) is 0 Å². The maximum Gasteiger partial charge on any atom is 0.0195 e. The van der Waals surface area contributed by atoms with Crippen LogP contribution in [0, 0.1) is 11.8 Å². The van der Waals surface area contributed by atoms with Crippen LogP contribution in [-0.2, 0) is 0 Å². The molecule has 1 heterocycles. The quantitative estimate of drug-likeness (QED) is 0.718. The van der Waals surface area contributed by atoms with E-state index in [2.05, 4.69) is 44.8 Å². The number of piperidine rings is 1. The first-order chi connectivity index (χ1) is 8.00. The molecule has 1 N–H and O–H groups in total. The summed E-state index contributed by atoms with van der Waals surface area (Å²) in [5, 5.41) is 3.61. The third-order valence-electron chi connectivity index (χ3n) is 4.07. The molecule has 0 bridgehead atoms. The molecule has 2 heteroatoms. The minimum Gasteiger partial charge on any atom is -0.315 e. The molecule has 0 spiro atoms. The normalized spacial score (nSPS) is 28.6. The summed E-state index contributed by atoms with van der Waals surface area (Å²) >= 11 is 0. The van der Waals surface area contributed by atoms with Crippen LogP contribution in [0.5, 0.6) is 0 Å². The minimum absolute atomic E-state index is 0.680. The largest absolute Gasteiger partial charge is 0.315 e. The predicted octanol–water partition coefficient (Wildman–Crippen LogP) is 3.13. The Hall–Kier alpha value is -0.0800. The van der Waals surface area contributed by atoms with Crippen LogP contribution in [0.3, 0.4) is 0 Å². The highest BCUT2D eigenvalue weighted by Crippen LogP contribution is 2.23. The summed E-state index contributed by atoms with van der Waals surface area (Å²) in [7, 11) is 0. The number of hydrogen-bond donors (Lipinski definition) is 1. The predicted molar refractivity (Wildman–Crippen MR) is 76.4 cm³/mol. The zero-order chi connectivity index (χ0) is 12.8. The molecular formula is C15H32N2. The molecule has 1 aliphatic rings. The van der Waals surface area contributed by atoms with Gasteiger partial charge in [-0.2, -0.15) is 0 Å². The van der Waals surface area contributed by atoms with Gasteiger partial charge in [0.2, 0.25) is 0 Å². The van der Waals surface area contributed by atoms with Crippen LogP contribution >= 0.6 is 0 Å². The topological polar surface area (TPSA) is 15.3 Å². The van der Waals surface area contributed by atoms with E-state index in [0.29, 0.717) is 6.04 Å². The summed E-state index contributed by atoms with van der Waals surface area (Å²) in [6.45, 7) is 15.3. The van der Waals surface area contributed by atoms with E-state index in [1.165, 1.54) is 32.4 Å². The molecule has 1 saturated heterocycles. The van der Waals surface area contributed by atoms with Gasteiger partial charge in [-0.1, -0.05) is 20.8 Å². The van der Waals surface area contributed by atoms with Gasteiger partial charge in [-0.3, -0.25) is 4.90 Å². The van der Waals surface area contributed by atoms with Gasteiger partial charge in [0.25, 0.3) is 0 Å². The van der Waals surface area contributed by atoms with Gasteiger partial charge in [0, 0.05) is 25.2 Å². The molecular weight excluding hydrogens is 208 g/mol. The molecule has 2 nitrogen and oxygen atoms in total. The summed E-state index contributed by atoms with van der Waals surface area (Å²) < 4.78 is 0. The third kappa shape index (κ3) is 5.39. The van der Waals surface area contributed by atoms with Crippen LogP contribution in [0.1, 0.15) is 53.9 Å². The SMILES string of the molecule is CC(C)CCNCC(C)N1CC(C)CCC1C. The van der Waals surface area contributed by atoms with Crippen molar-refractivity contribution in [2.45, 2.75) is 66.0 Å². The fourth-order valence-electron chi connectivity index (χ4n) is 2.76. The van der Waals surface area contributed by atoms with Crippen molar-refractivity contribution in [2.75, 3.05) is 19.6 Å². The van der Waals surface area contributed by atoms with Crippen LogP contribution in [0.25, 0.3) is 0 Å². The molecule has 17 heavy (non-hydrogen) atoms. The van der Waals surface area contributed by atoms with Crippen LogP contribution in [0.2, 0.25) is 0 Å². The Morgan fingerprint density at radius 3 is 2.53 bits per heavy atom. The smallest absolute Gasteiger partial charge is 0.0195 e. The lowest BCUT2D eigenvalue weighted by Crippen LogP contribution is -2.49. The molecule has 102 valence electrons. The molecule has 1 rings (SSSR count). The first-order valence-corrected chi connectivity index (χ1v) is 7.47. The van der Waals surface area contributed by atoms with Crippen molar-refractivity contribution in [3.05, 3.63) is 0 Å². The zero-order valence-electron chi connectivity index (χ0n) is 12.5. The van der Waals surface area contributed by atoms with E-state index in [-0.39, 0.29) is 0 Å². The second-order valence-corrected chi connectivity index (χ2v) is 6.46. The molecule has 0 aromatic heterocycles. The van der Waals surface area contributed by atoms with Gasteiger partial charge in [-0.05, 0) is 51.5 Å². The minimum atomic E-state index is 0.680. The lowest BCUT2D eigenvalue weighted by molar-refractivity contribution is 0.0840. The van der Waals surface area contributed by atoms with E-state index in [9.17, 15) is 0 Å². The van der Waals surface area contributed by atoms with Gasteiger partial charge in [0.1, 0.15) is 0 Å². The molecule has 3 atom stereocenters. The van der Waals surface area contributed by atoms with Crippen molar-refractivity contribution in [3.8, 4) is 0 Å². The molecule has 0 aromatic rings. The first-order valence-electron chi connectivity index (χ1n) is 7.47. The van der Waals surface area contributed by atoms with Gasteiger partial charge < -0.3 is 5.32 Å². The van der Waals surface area contributed by atoms with Crippen molar-refractivity contribution in [1.29, 1.82) is 0 Å². The Morgan fingerprint density at radius 2 is 1.88 bits per heavy atom. The van der Waals surface area contributed by atoms with E-state index in [1.807, 2.05) is 0 Å². The number of rotatable bonds is 6. The maximum atomic E-state index is 3.61. The summed E-state index contributed by atoms with van der Waals surface area (Å²) in [5.41, 5.74) is 0. The average molecular weight is 240 g/mol. The number of nitrogens with zero attached hydrogens (tertiary/aromatic N) is 1. The van der Waals surface area contributed by atoms with Gasteiger partial charge in [-0.25, -0.2) is 0 Å². The van der Waals surface area contributed by atoms with Crippen molar-refractivity contribution in [2.24, 2.45) is 11.8 Å². The van der Waals surface area contributed by atoms with Crippen molar-refractivity contribution in [3.63, 3.8) is 0 Å². The monoisotopic (exact) mass is 240 g/mol. The Morgan fingerprint density at radius 1 is 1.18 bits per heavy atom. The van der Waals surface area contributed by atoms with Gasteiger partial charge in [0.15, 0.2) is 0 Å². The van der Waals surface area contributed by atoms with E-state index >= 15 is 0 Å². The summed E-state index contributed by atoms with van der Waals surface area (Å²) in [5.74, 6) is 1.69. The molecule has 0 amide bonds. The lowest BCUT2D eigenvalue weighted by atomic mass is 9.93. The number of likely N-dealkylation sites (tertiary alicyclic amines) is 1. The summed E-state index contributed by atoms with van der Waals surface area (Å²) in [6.07, 6.45) is 4.07. The van der Waals surface area contributed by atoms with Crippen molar-refractivity contribution >= 4 is 0 Å². The van der Waals surface area contributed by atoms with Crippen LogP contribution in [0.4, 0.5) is 0 Å². The third-order valence-corrected chi connectivity index (χ3v) is 4.07. The van der Waals surface area contributed by atoms with Crippen LogP contribution < -0.4 is 5.32 Å². The highest BCUT2D eigenvalue weighted by Gasteiger charge is 2.26. The molecule has 3 unspecified atom stereocenters. The first kappa shape index (κ1) is 15.0. The highest BCUT2D eigenvalue weighted by atomic mass is 15.2. The molecule has 0 radical (unpaired) electrons. The second kappa shape index (κ2) is 7.38. The number of nitrogens with one attached hydrogen (secondary N) is 1. The van der Waals surface area contributed by atoms with Crippen LogP contribution in [-0.4, -0.2) is 36.6 Å². The molecule has 1 fully saturated rings. The van der Waals surface area contributed by atoms with Crippen molar-refractivity contribution < 1.29 is 0 Å². The molecule has 0 aromatic carbocycles. The van der Waals surface area contributed by atoms with Crippen LogP contribution in [0.15, 0.2) is 0 Å². The number of hydrogen-bond acceptors (Lipinski definition) is 2. The fourth-order valence-corrected chi connectivity index (χ4v) is 2.76. The highest BCUT2D eigenvalue weighted by molar-refractivity contribution is 4.81. The van der Waals surface area contributed by atoms with E-state index < -0.39 is 0 Å². The van der Waals surface area contributed by atoms with Crippen molar-refractivity contribution in [1.82, 2.24) is 10.2 Å². The Balaban J connectivity index is 2.23. The molecule has 0 aliphatic carbocycles. The molecule has 0 saturated carbocycles. The van der Waals surface area contributed by atoms with E-state index in [1.54, 1.807) is 0 Å². The van der Waals surface area contributed by atoms with Gasteiger partial charge >= 0.3 is 0 Å². The Kier molecular flexibility index (Phi) is 6.50. The Labute approximate surface area is 108 Å². The second-order valence-electron chi connectivity index (χ2n) is 6.46. The Bertz CT molecular complexity index is 203. The zero-order valence-corrected chi connectivity index (χ0v) is 12.5. The lowest BCUT2D eigenvalue weighted by Gasteiger charge is -2.41. The van der Waals surface area contributed by atoms with E-state index in [0.717, 1.165) is 24.4 Å². The average Bonchev–Trinajstić information content (AvgIpc) is 2.27. The van der Waals surface area contributed by atoms with Gasteiger partial charge in [-0.15, -0.1) is 0 Å². The summed E-state index contributed by atoms with van der Waals surface area (Å²) in [4.78, 5) is 2.69. The molecule has 1 aliphatic heterocycles. The fraction of sp³-hybridized carbons (Fsp3) is 1.00. The maximum absolute atomic E-state index is 3.61.